The van der Waals surface area contributed by atoms with Crippen LogP contribution in [0.4, 0.5) is 5.82 Å². The van der Waals surface area contributed by atoms with Gasteiger partial charge in [0.15, 0.2) is 0 Å². The van der Waals surface area contributed by atoms with Gasteiger partial charge < -0.3 is 15.4 Å². The van der Waals surface area contributed by atoms with Crippen LogP contribution in [0.25, 0.3) is 0 Å². The lowest BCUT2D eigenvalue weighted by atomic mass is 10.6. The fourth-order valence-electron chi connectivity index (χ4n) is 0.610. The Morgan fingerprint density at radius 1 is 1.89 bits per heavy atom. The van der Waals surface area contributed by atoms with Crippen molar-refractivity contribution < 1.29 is 5.11 Å². The molecule has 4 nitrogen and oxygen atoms in total. The quantitative estimate of drug-likeness (QED) is 0.534. The van der Waals surface area contributed by atoms with E-state index in [4.69, 9.17) is 10.8 Å². The second kappa shape index (κ2) is 2.06. The van der Waals surface area contributed by atoms with Crippen LogP contribution < -0.4 is 5.73 Å². The fraction of sp³-hybridized carbons (Fsp3) is 0.400. The van der Waals surface area contributed by atoms with Gasteiger partial charge in [-0.25, -0.2) is 4.98 Å². The fourth-order valence-corrected chi connectivity index (χ4v) is 0.610. The highest BCUT2D eigenvalue weighted by Gasteiger charge is 1.98. The van der Waals surface area contributed by atoms with Gasteiger partial charge in [-0.05, 0) is 0 Å². The lowest BCUT2D eigenvalue weighted by Crippen LogP contribution is -2.00. The normalized spacial score (nSPS) is 10.0. The molecule has 0 atom stereocenters. The summed E-state index contributed by atoms with van der Waals surface area (Å²) in [6, 6.07) is 0. The number of rotatable bonds is 1. The first-order valence-electron chi connectivity index (χ1n) is 2.62. The van der Waals surface area contributed by atoms with Crippen molar-refractivity contribution in [2.75, 3.05) is 5.73 Å². The number of aliphatic hydroxyl groups is 1. The molecular weight excluding hydrogens is 118 g/mol. The molecule has 4 heteroatoms. The van der Waals surface area contributed by atoms with Gasteiger partial charge in [-0.3, -0.25) is 0 Å². The van der Waals surface area contributed by atoms with Gasteiger partial charge in [-0.2, -0.15) is 0 Å². The molecule has 0 spiro atoms. The molecule has 0 aliphatic rings. The van der Waals surface area contributed by atoms with Crippen LogP contribution in [0.15, 0.2) is 6.20 Å². The van der Waals surface area contributed by atoms with Gasteiger partial charge in [0.05, 0.1) is 6.20 Å². The van der Waals surface area contributed by atoms with E-state index in [2.05, 4.69) is 4.98 Å². The maximum Gasteiger partial charge on any atom is 0.135 e. The molecule has 0 aliphatic heterocycles. The van der Waals surface area contributed by atoms with Crippen molar-refractivity contribution in [3.8, 4) is 0 Å². The highest BCUT2D eigenvalue weighted by atomic mass is 16.3. The summed E-state index contributed by atoms with van der Waals surface area (Å²) in [6.07, 6.45) is 1.52. The zero-order valence-corrected chi connectivity index (χ0v) is 5.20. The highest BCUT2D eigenvalue weighted by Crippen LogP contribution is 2.02. The molecule has 0 amide bonds. The predicted molar refractivity (Wildman–Crippen MR) is 33.5 cm³/mol. The molecular formula is C5H9N3O. The molecule has 9 heavy (non-hydrogen) atoms. The summed E-state index contributed by atoms with van der Waals surface area (Å²) in [5.41, 5.74) is 5.41. The van der Waals surface area contributed by atoms with Gasteiger partial charge in [0.25, 0.3) is 0 Å². The monoisotopic (exact) mass is 127 g/mol. The number of hydrogen-bond donors (Lipinski definition) is 2. The third-order valence-electron chi connectivity index (χ3n) is 1.26. The third-order valence-corrected chi connectivity index (χ3v) is 1.26. The van der Waals surface area contributed by atoms with E-state index in [1.165, 1.54) is 6.20 Å². The molecule has 0 saturated carbocycles. The van der Waals surface area contributed by atoms with E-state index in [1.54, 1.807) is 11.6 Å². The minimum absolute atomic E-state index is 0.0618. The number of nitrogen functional groups attached to an aromatic ring is 1. The van der Waals surface area contributed by atoms with E-state index in [0.717, 1.165) is 0 Å². The molecule has 0 unspecified atom stereocenters. The highest BCUT2D eigenvalue weighted by molar-refractivity contribution is 5.26. The van der Waals surface area contributed by atoms with E-state index in [0.29, 0.717) is 11.6 Å². The molecule has 50 valence electrons. The minimum Gasteiger partial charge on any atom is -0.388 e. The molecule has 0 radical (unpaired) electrons. The second-order valence-electron chi connectivity index (χ2n) is 1.82. The first-order chi connectivity index (χ1) is 4.25. The van der Waals surface area contributed by atoms with Crippen LogP contribution in [0.1, 0.15) is 5.82 Å². The number of anilines is 1. The standard InChI is InChI=1S/C5H9N3O/c1-8-4(6)2-7-5(8)3-9/h2,9H,3,6H2,1H3. The predicted octanol–water partition coefficient (Wildman–Crippen LogP) is -0.505. The molecule has 0 aliphatic carbocycles. The van der Waals surface area contributed by atoms with Gasteiger partial charge in [-0.15, -0.1) is 0 Å². The Hall–Kier alpha value is -1.03. The van der Waals surface area contributed by atoms with Crippen LogP contribution in [0.2, 0.25) is 0 Å². The van der Waals surface area contributed by atoms with Crippen LogP contribution in [-0.4, -0.2) is 14.7 Å². The first kappa shape index (κ1) is 6.10. The molecule has 3 N–H and O–H groups in total. The van der Waals surface area contributed by atoms with Gasteiger partial charge >= 0.3 is 0 Å². The smallest absolute Gasteiger partial charge is 0.135 e. The van der Waals surface area contributed by atoms with Gasteiger partial charge in [-0.1, -0.05) is 0 Å². The lowest BCUT2D eigenvalue weighted by Gasteiger charge is -1.96. The molecule has 1 aromatic rings. The molecule has 1 heterocycles. The Morgan fingerprint density at radius 2 is 2.56 bits per heavy atom. The Bertz CT molecular complexity index is 206. The summed E-state index contributed by atoms with van der Waals surface area (Å²) in [6.45, 7) is -0.0618. The number of aliphatic hydroxyl groups excluding tert-OH is 1. The summed E-state index contributed by atoms with van der Waals surface area (Å²) in [7, 11) is 1.76. The van der Waals surface area contributed by atoms with Crippen molar-refractivity contribution >= 4 is 5.82 Å². The van der Waals surface area contributed by atoms with E-state index >= 15 is 0 Å². The van der Waals surface area contributed by atoms with E-state index in [1.807, 2.05) is 0 Å². The number of imidazole rings is 1. The Balaban J connectivity index is 3.04. The van der Waals surface area contributed by atoms with Crippen molar-refractivity contribution in [2.24, 2.45) is 7.05 Å². The van der Waals surface area contributed by atoms with Crippen LogP contribution in [0.3, 0.4) is 0 Å². The van der Waals surface area contributed by atoms with Crippen molar-refractivity contribution in [1.29, 1.82) is 0 Å². The SMILES string of the molecule is Cn1c(N)cnc1CO. The Labute approximate surface area is 52.9 Å². The van der Waals surface area contributed by atoms with E-state index in [9.17, 15) is 0 Å². The molecule has 0 saturated heterocycles. The van der Waals surface area contributed by atoms with Gasteiger partial charge in [0, 0.05) is 7.05 Å². The summed E-state index contributed by atoms with van der Waals surface area (Å²) < 4.78 is 1.64. The molecule has 1 aromatic heterocycles. The van der Waals surface area contributed by atoms with Crippen LogP contribution in [-0.2, 0) is 13.7 Å². The number of aromatic nitrogens is 2. The summed E-state index contributed by atoms with van der Waals surface area (Å²) in [4.78, 5) is 3.82. The Kier molecular flexibility index (Phi) is 1.40. The maximum atomic E-state index is 8.59. The lowest BCUT2D eigenvalue weighted by molar-refractivity contribution is 0.267. The molecule has 0 bridgehead atoms. The second-order valence-corrected chi connectivity index (χ2v) is 1.82. The van der Waals surface area contributed by atoms with E-state index in [-0.39, 0.29) is 6.61 Å². The zero-order valence-electron chi connectivity index (χ0n) is 5.20. The van der Waals surface area contributed by atoms with Gasteiger partial charge in [0.1, 0.15) is 18.2 Å². The van der Waals surface area contributed by atoms with Crippen molar-refractivity contribution in [3.63, 3.8) is 0 Å². The van der Waals surface area contributed by atoms with Crippen molar-refractivity contribution in [1.82, 2.24) is 9.55 Å². The third kappa shape index (κ3) is 0.882. The first-order valence-corrected chi connectivity index (χ1v) is 2.62. The summed E-state index contributed by atoms with van der Waals surface area (Å²) in [5.74, 6) is 1.16. The van der Waals surface area contributed by atoms with E-state index < -0.39 is 0 Å². The van der Waals surface area contributed by atoms with Crippen LogP contribution in [0, 0.1) is 0 Å². The topological polar surface area (TPSA) is 64.1 Å². The number of nitrogens with two attached hydrogens (primary N) is 1. The van der Waals surface area contributed by atoms with Crippen molar-refractivity contribution in [3.05, 3.63) is 12.0 Å². The molecule has 0 aromatic carbocycles. The maximum absolute atomic E-state index is 8.59. The minimum atomic E-state index is -0.0618. The zero-order chi connectivity index (χ0) is 6.85. The average molecular weight is 127 g/mol. The molecule has 0 fully saturated rings. The molecule has 1 rings (SSSR count). The number of hydrogen-bond acceptors (Lipinski definition) is 3. The largest absolute Gasteiger partial charge is 0.388 e. The summed E-state index contributed by atoms with van der Waals surface area (Å²) in [5, 5.41) is 8.59. The van der Waals surface area contributed by atoms with Crippen molar-refractivity contribution in [2.45, 2.75) is 6.61 Å². The Morgan fingerprint density at radius 3 is 2.78 bits per heavy atom. The average Bonchev–Trinajstić information content (AvgIpc) is 2.15. The van der Waals surface area contributed by atoms with Gasteiger partial charge in [0.2, 0.25) is 0 Å². The van der Waals surface area contributed by atoms with Crippen LogP contribution in [0.5, 0.6) is 0 Å². The van der Waals surface area contributed by atoms with Crippen LogP contribution >= 0.6 is 0 Å². The summed E-state index contributed by atoms with van der Waals surface area (Å²) >= 11 is 0. The number of nitrogens with zero attached hydrogens (tertiary/aromatic N) is 2.